The number of hydrogen-bond donors (Lipinski definition) is 0. The van der Waals surface area contributed by atoms with Gasteiger partial charge in [-0.1, -0.05) is 110 Å². The Labute approximate surface area is 204 Å². The van der Waals surface area contributed by atoms with Gasteiger partial charge in [0, 0.05) is 18.8 Å². The van der Waals surface area contributed by atoms with Gasteiger partial charge in [0.15, 0.2) is 6.10 Å². The van der Waals surface area contributed by atoms with Gasteiger partial charge >= 0.3 is 11.9 Å². The minimum absolute atomic E-state index is 0.168. The van der Waals surface area contributed by atoms with Gasteiger partial charge in [0.25, 0.3) is 0 Å². The molecule has 0 heterocycles. The normalized spacial score (nSPS) is 12.4. The molecule has 0 saturated heterocycles. The maximum Gasteiger partial charge on any atom is 0.307 e. The molecule has 0 rings (SSSR count). The highest BCUT2D eigenvalue weighted by Crippen LogP contribution is 2.15. The van der Waals surface area contributed by atoms with Crippen molar-refractivity contribution in [3.8, 4) is 11.8 Å². The minimum Gasteiger partial charge on any atom is -0.466 e. The van der Waals surface area contributed by atoms with Crippen molar-refractivity contribution < 1.29 is 19.1 Å². The maximum atomic E-state index is 12.2. The summed E-state index contributed by atoms with van der Waals surface area (Å²) in [6, 6.07) is 0. The Morgan fingerprint density at radius 3 is 1.88 bits per heavy atom. The van der Waals surface area contributed by atoms with Crippen LogP contribution in [-0.2, 0) is 19.1 Å². The van der Waals surface area contributed by atoms with Gasteiger partial charge in [0.1, 0.15) is 0 Å². The van der Waals surface area contributed by atoms with E-state index in [1.165, 1.54) is 57.8 Å². The van der Waals surface area contributed by atoms with E-state index < -0.39 is 6.10 Å². The van der Waals surface area contributed by atoms with E-state index in [1.54, 1.807) is 0 Å². The van der Waals surface area contributed by atoms with Crippen LogP contribution in [0.15, 0.2) is 12.2 Å². The fourth-order valence-electron chi connectivity index (χ4n) is 3.69. The van der Waals surface area contributed by atoms with E-state index in [0.717, 1.165) is 31.3 Å². The first kappa shape index (κ1) is 31.2. The number of unbranched alkanes of at least 4 members (excludes halogenated alkanes) is 10. The van der Waals surface area contributed by atoms with Crippen molar-refractivity contribution in [3.63, 3.8) is 0 Å². The second-order valence-corrected chi connectivity index (χ2v) is 9.34. The standard InChI is InChI=1S/C29H50O4/c1-6-8-9-10-11-12-13-14-15-16-17-24-32-28(30)20-18-21-29(31)33-27(23-22-25(3)4)26(5)19-7-2/h26-27H,3,6-21,24H2,1-2,4-5H3. The number of carbonyl (C=O) groups is 2. The Morgan fingerprint density at radius 1 is 0.788 bits per heavy atom. The Kier molecular flexibility index (Phi) is 20.9. The average Bonchev–Trinajstić information content (AvgIpc) is 2.77. The lowest BCUT2D eigenvalue weighted by molar-refractivity contribution is -0.149. The van der Waals surface area contributed by atoms with Crippen LogP contribution in [0.3, 0.4) is 0 Å². The van der Waals surface area contributed by atoms with Crippen molar-refractivity contribution in [2.75, 3.05) is 6.61 Å². The van der Waals surface area contributed by atoms with Crippen LogP contribution in [0.25, 0.3) is 0 Å². The van der Waals surface area contributed by atoms with Gasteiger partial charge in [0.05, 0.1) is 6.61 Å². The molecular formula is C29H50O4. The summed E-state index contributed by atoms with van der Waals surface area (Å²) in [6.45, 7) is 12.5. The zero-order valence-electron chi connectivity index (χ0n) is 22.0. The molecule has 33 heavy (non-hydrogen) atoms. The van der Waals surface area contributed by atoms with Crippen LogP contribution in [0.2, 0.25) is 0 Å². The van der Waals surface area contributed by atoms with Gasteiger partial charge in [-0.3, -0.25) is 9.59 Å². The quantitative estimate of drug-likeness (QED) is 0.105. The van der Waals surface area contributed by atoms with Crippen LogP contribution >= 0.6 is 0 Å². The van der Waals surface area contributed by atoms with E-state index in [9.17, 15) is 9.59 Å². The first-order valence-electron chi connectivity index (χ1n) is 13.4. The minimum atomic E-state index is -0.429. The third-order valence-electron chi connectivity index (χ3n) is 5.72. The van der Waals surface area contributed by atoms with Crippen molar-refractivity contribution in [2.24, 2.45) is 5.92 Å². The summed E-state index contributed by atoms with van der Waals surface area (Å²) < 4.78 is 10.9. The van der Waals surface area contributed by atoms with Crippen LogP contribution in [0.5, 0.6) is 0 Å². The third-order valence-corrected chi connectivity index (χ3v) is 5.72. The molecule has 0 aliphatic heterocycles. The van der Waals surface area contributed by atoms with Crippen LogP contribution in [0.1, 0.15) is 130 Å². The van der Waals surface area contributed by atoms with Crippen LogP contribution in [0.4, 0.5) is 0 Å². The molecule has 2 unspecified atom stereocenters. The van der Waals surface area contributed by atoms with Crippen molar-refractivity contribution in [1.82, 2.24) is 0 Å². The molecule has 0 fully saturated rings. The predicted molar refractivity (Wildman–Crippen MR) is 138 cm³/mol. The second-order valence-electron chi connectivity index (χ2n) is 9.34. The van der Waals surface area contributed by atoms with Gasteiger partial charge < -0.3 is 9.47 Å². The predicted octanol–water partition coefficient (Wildman–Crippen LogP) is 7.94. The highest BCUT2D eigenvalue weighted by molar-refractivity contribution is 5.72. The largest absolute Gasteiger partial charge is 0.466 e. The number of allylic oxidation sites excluding steroid dienone is 1. The highest BCUT2D eigenvalue weighted by Gasteiger charge is 2.19. The summed E-state index contributed by atoms with van der Waals surface area (Å²) in [5, 5.41) is 0. The molecule has 4 nitrogen and oxygen atoms in total. The van der Waals surface area contributed by atoms with Crippen LogP contribution in [0, 0.1) is 17.8 Å². The number of hydrogen-bond acceptors (Lipinski definition) is 4. The fraction of sp³-hybridized carbons (Fsp3) is 0.793. The van der Waals surface area contributed by atoms with E-state index in [4.69, 9.17) is 9.47 Å². The van der Waals surface area contributed by atoms with Crippen LogP contribution < -0.4 is 0 Å². The summed E-state index contributed by atoms with van der Waals surface area (Å²) in [5.74, 6) is 5.57. The van der Waals surface area contributed by atoms with Crippen molar-refractivity contribution in [2.45, 2.75) is 137 Å². The molecule has 0 spiro atoms. The molecule has 0 amide bonds. The Hall–Kier alpha value is -1.76. The molecule has 0 aromatic rings. The molecule has 190 valence electrons. The van der Waals surface area contributed by atoms with Gasteiger partial charge in [0.2, 0.25) is 0 Å². The molecule has 0 aromatic carbocycles. The fourth-order valence-corrected chi connectivity index (χ4v) is 3.69. The molecule has 0 saturated carbocycles. The molecule has 0 aliphatic rings. The lowest BCUT2D eigenvalue weighted by Gasteiger charge is -2.19. The monoisotopic (exact) mass is 462 g/mol. The summed E-state index contributed by atoms with van der Waals surface area (Å²) in [5.41, 5.74) is 0.750. The number of carbonyl (C=O) groups excluding carboxylic acids is 2. The zero-order valence-corrected chi connectivity index (χ0v) is 22.0. The van der Waals surface area contributed by atoms with Gasteiger partial charge in [-0.15, -0.1) is 0 Å². The Balaban J connectivity index is 3.81. The lowest BCUT2D eigenvalue weighted by Crippen LogP contribution is -2.24. The summed E-state index contributed by atoms with van der Waals surface area (Å²) in [6.07, 6.45) is 16.4. The molecule has 0 aliphatic carbocycles. The lowest BCUT2D eigenvalue weighted by atomic mass is 9.99. The summed E-state index contributed by atoms with van der Waals surface area (Å²) in [4.78, 5) is 24.1. The van der Waals surface area contributed by atoms with E-state index >= 15 is 0 Å². The van der Waals surface area contributed by atoms with E-state index in [0.29, 0.717) is 13.0 Å². The van der Waals surface area contributed by atoms with E-state index in [-0.39, 0.29) is 30.7 Å². The van der Waals surface area contributed by atoms with Gasteiger partial charge in [-0.25, -0.2) is 0 Å². The molecule has 0 radical (unpaired) electrons. The maximum absolute atomic E-state index is 12.2. The van der Waals surface area contributed by atoms with Crippen molar-refractivity contribution in [1.29, 1.82) is 0 Å². The number of rotatable bonds is 20. The topological polar surface area (TPSA) is 52.6 Å². The molecule has 2 atom stereocenters. The molecule has 0 N–H and O–H groups in total. The Morgan fingerprint density at radius 2 is 1.33 bits per heavy atom. The molecular weight excluding hydrogens is 412 g/mol. The molecule has 4 heteroatoms. The smallest absolute Gasteiger partial charge is 0.307 e. The average molecular weight is 463 g/mol. The SMILES string of the molecule is C=C(C)C#CC(OC(=O)CCCC(=O)OCCCCCCCCCCCCC)C(C)CCC. The van der Waals surface area contributed by atoms with E-state index in [2.05, 4.69) is 32.3 Å². The first-order valence-corrected chi connectivity index (χ1v) is 13.4. The third kappa shape index (κ3) is 20.6. The van der Waals surface area contributed by atoms with Crippen molar-refractivity contribution in [3.05, 3.63) is 12.2 Å². The number of ether oxygens (including phenoxy) is 2. The van der Waals surface area contributed by atoms with Crippen molar-refractivity contribution >= 4 is 11.9 Å². The zero-order chi connectivity index (χ0) is 24.7. The summed E-state index contributed by atoms with van der Waals surface area (Å²) >= 11 is 0. The first-order chi connectivity index (χ1) is 15.9. The second kappa shape index (κ2) is 22.1. The molecule has 0 aromatic heterocycles. The molecule has 0 bridgehead atoms. The van der Waals surface area contributed by atoms with E-state index in [1.807, 2.05) is 13.8 Å². The van der Waals surface area contributed by atoms with Gasteiger partial charge in [-0.05, 0) is 31.8 Å². The van der Waals surface area contributed by atoms with Gasteiger partial charge in [-0.2, -0.15) is 0 Å². The summed E-state index contributed by atoms with van der Waals surface area (Å²) in [7, 11) is 0. The number of esters is 2. The van der Waals surface area contributed by atoms with Crippen LogP contribution in [-0.4, -0.2) is 24.6 Å². The Bertz CT molecular complexity index is 584. The highest BCUT2D eigenvalue weighted by atomic mass is 16.5.